The molecule has 0 saturated heterocycles. The summed E-state index contributed by atoms with van der Waals surface area (Å²) in [6.07, 6.45) is 1.45. The van der Waals surface area contributed by atoms with Gasteiger partial charge in [0.15, 0.2) is 5.03 Å². The van der Waals surface area contributed by atoms with E-state index in [1.54, 1.807) is 26.0 Å². The largest absolute Gasteiger partial charge is 0.383 e. The van der Waals surface area contributed by atoms with Crippen molar-refractivity contribution < 1.29 is 12.9 Å². The van der Waals surface area contributed by atoms with Crippen LogP contribution in [0.15, 0.2) is 27.9 Å². The number of rotatable bonds is 6. The molecular formula is C13H18N4O3S. The van der Waals surface area contributed by atoms with E-state index in [1.807, 2.05) is 6.92 Å². The number of anilines is 1. The van der Waals surface area contributed by atoms with Crippen LogP contribution in [0.1, 0.15) is 23.9 Å². The van der Waals surface area contributed by atoms with Crippen molar-refractivity contribution in [3.8, 4) is 0 Å². The molecule has 0 amide bonds. The number of nitrogens with zero attached hydrogens (tertiary/aromatic N) is 2. The minimum Gasteiger partial charge on any atom is -0.383 e. The summed E-state index contributed by atoms with van der Waals surface area (Å²) in [5, 5.41) is 6.77. The lowest BCUT2D eigenvalue weighted by Crippen LogP contribution is -2.25. The highest BCUT2D eigenvalue weighted by Gasteiger charge is 2.21. The van der Waals surface area contributed by atoms with Gasteiger partial charge in [-0.1, -0.05) is 5.16 Å². The fourth-order valence-corrected chi connectivity index (χ4v) is 3.02. The van der Waals surface area contributed by atoms with E-state index < -0.39 is 10.0 Å². The van der Waals surface area contributed by atoms with Gasteiger partial charge in [-0.3, -0.25) is 0 Å². The third-order valence-electron chi connectivity index (χ3n) is 3.01. The normalized spacial score (nSPS) is 11.6. The van der Waals surface area contributed by atoms with Gasteiger partial charge in [0.2, 0.25) is 0 Å². The Hall–Kier alpha value is -1.93. The van der Waals surface area contributed by atoms with Gasteiger partial charge in [-0.15, -0.1) is 0 Å². The summed E-state index contributed by atoms with van der Waals surface area (Å²) in [6, 6.07) is 3.37. The smallest absolute Gasteiger partial charge is 0.260 e. The zero-order chi connectivity index (χ0) is 15.5. The van der Waals surface area contributed by atoms with Crippen LogP contribution in [0.4, 0.5) is 5.69 Å². The molecule has 21 heavy (non-hydrogen) atoms. The van der Waals surface area contributed by atoms with Crippen molar-refractivity contribution in [2.45, 2.75) is 32.3 Å². The topological polar surface area (TPSA) is 97.1 Å². The zero-order valence-corrected chi connectivity index (χ0v) is 13.0. The van der Waals surface area contributed by atoms with Gasteiger partial charge in [0, 0.05) is 24.8 Å². The molecule has 114 valence electrons. The lowest BCUT2D eigenvalue weighted by molar-refractivity contribution is 0.392. The molecule has 0 fully saturated rings. The second-order valence-electron chi connectivity index (χ2n) is 4.51. The van der Waals surface area contributed by atoms with Crippen LogP contribution in [0.3, 0.4) is 0 Å². The molecule has 8 heteroatoms. The van der Waals surface area contributed by atoms with Crippen molar-refractivity contribution in [3.05, 3.63) is 35.3 Å². The van der Waals surface area contributed by atoms with E-state index >= 15 is 0 Å². The van der Waals surface area contributed by atoms with Gasteiger partial charge in [-0.2, -0.15) is 0 Å². The van der Waals surface area contributed by atoms with Crippen LogP contribution in [-0.2, 0) is 16.6 Å². The number of pyridine rings is 1. The summed E-state index contributed by atoms with van der Waals surface area (Å²) in [7, 11) is -3.72. The van der Waals surface area contributed by atoms with Crippen LogP contribution in [0.5, 0.6) is 0 Å². The Morgan fingerprint density at radius 1 is 1.33 bits per heavy atom. The predicted octanol–water partition coefficient (Wildman–Crippen LogP) is 1.60. The molecule has 0 atom stereocenters. The fourth-order valence-electron chi connectivity index (χ4n) is 1.92. The Kier molecular flexibility index (Phi) is 4.59. The van der Waals surface area contributed by atoms with Gasteiger partial charge in [0.25, 0.3) is 10.0 Å². The zero-order valence-electron chi connectivity index (χ0n) is 12.2. The van der Waals surface area contributed by atoms with E-state index in [0.717, 1.165) is 5.56 Å². The molecule has 0 aliphatic carbocycles. The van der Waals surface area contributed by atoms with E-state index in [0.29, 0.717) is 23.7 Å². The first kappa shape index (κ1) is 15.5. The highest BCUT2D eigenvalue weighted by Crippen LogP contribution is 2.19. The third-order valence-corrected chi connectivity index (χ3v) is 4.37. The molecule has 0 aliphatic rings. The van der Waals surface area contributed by atoms with Crippen molar-refractivity contribution in [2.75, 3.05) is 11.9 Å². The lowest BCUT2D eigenvalue weighted by Gasteiger charge is -2.11. The first-order chi connectivity index (χ1) is 9.95. The molecule has 2 aromatic rings. The summed E-state index contributed by atoms with van der Waals surface area (Å²) in [5.41, 5.74) is 1.88. The van der Waals surface area contributed by atoms with Gasteiger partial charge in [0.05, 0.1) is 11.4 Å². The Bertz CT molecular complexity index is 705. The number of hydrogen-bond acceptors (Lipinski definition) is 6. The molecule has 2 N–H and O–H groups in total. The molecular weight excluding hydrogens is 292 g/mol. The molecule has 0 spiro atoms. The Balaban J connectivity index is 2.23. The molecule has 2 heterocycles. The quantitative estimate of drug-likeness (QED) is 0.841. The number of aryl methyl sites for hydroxylation is 2. The first-order valence-electron chi connectivity index (χ1n) is 6.56. The molecule has 0 unspecified atom stereocenters. The highest BCUT2D eigenvalue weighted by atomic mass is 32.2. The van der Waals surface area contributed by atoms with Gasteiger partial charge >= 0.3 is 0 Å². The van der Waals surface area contributed by atoms with E-state index in [1.165, 1.54) is 6.20 Å². The second kappa shape index (κ2) is 6.23. The van der Waals surface area contributed by atoms with Crippen molar-refractivity contribution in [2.24, 2.45) is 0 Å². The summed E-state index contributed by atoms with van der Waals surface area (Å²) >= 11 is 0. The molecule has 0 radical (unpaired) electrons. The SMILES string of the molecule is CCNc1cccnc1S(=O)(=O)NCc1c(C)noc1C. The van der Waals surface area contributed by atoms with Gasteiger partial charge in [-0.05, 0) is 32.9 Å². The van der Waals surface area contributed by atoms with Gasteiger partial charge < -0.3 is 9.84 Å². The molecule has 7 nitrogen and oxygen atoms in total. The summed E-state index contributed by atoms with van der Waals surface area (Å²) in [4.78, 5) is 3.96. The van der Waals surface area contributed by atoms with Crippen LogP contribution in [-0.4, -0.2) is 25.1 Å². The van der Waals surface area contributed by atoms with E-state index in [9.17, 15) is 8.42 Å². The Morgan fingerprint density at radius 3 is 2.71 bits per heavy atom. The molecule has 0 saturated carbocycles. The standard InChI is InChI=1S/C13H18N4O3S/c1-4-14-12-6-5-7-15-13(12)21(18,19)16-8-11-9(2)17-20-10(11)3/h5-7,14,16H,4,8H2,1-3H3. The van der Waals surface area contributed by atoms with Crippen LogP contribution >= 0.6 is 0 Å². The van der Waals surface area contributed by atoms with Crippen molar-refractivity contribution in [1.82, 2.24) is 14.9 Å². The van der Waals surface area contributed by atoms with Crippen LogP contribution < -0.4 is 10.0 Å². The van der Waals surface area contributed by atoms with Crippen LogP contribution in [0.25, 0.3) is 0 Å². The van der Waals surface area contributed by atoms with Crippen LogP contribution in [0, 0.1) is 13.8 Å². The first-order valence-corrected chi connectivity index (χ1v) is 8.04. The van der Waals surface area contributed by atoms with Crippen molar-refractivity contribution >= 4 is 15.7 Å². The predicted molar refractivity (Wildman–Crippen MR) is 78.4 cm³/mol. The Morgan fingerprint density at radius 2 is 2.10 bits per heavy atom. The summed E-state index contributed by atoms with van der Waals surface area (Å²) < 4.78 is 32.3. The molecule has 2 aromatic heterocycles. The van der Waals surface area contributed by atoms with E-state index in [2.05, 4.69) is 20.2 Å². The maximum atomic E-state index is 12.4. The number of sulfonamides is 1. The Labute approximate surface area is 123 Å². The van der Waals surface area contributed by atoms with Crippen LogP contribution in [0.2, 0.25) is 0 Å². The molecule has 0 aromatic carbocycles. The highest BCUT2D eigenvalue weighted by molar-refractivity contribution is 7.89. The monoisotopic (exact) mass is 310 g/mol. The number of hydrogen-bond donors (Lipinski definition) is 2. The number of aromatic nitrogens is 2. The average Bonchev–Trinajstić information content (AvgIpc) is 2.77. The fraction of sp³-hybridized carbons (Fsp3) is 0.385. The van der Waals surface area contributed by atoms with Crippen molar-refractivity contribution in [1.29, 1.82) is 0 Å². The minimum absolute atomic E-state index is 0.0152. The summed E-state index contributed by atoms with van der Waals surface area (Å²) in [5.74, 6) is 0.600. The van der Waals surface area contributed by atoms with Gasteiger partial charge in [-0.25, -0.2) is 18.1 Å². The van der Waals surface area contributed by atoms with E-state index in [4.69, 9.17) is 4.52 Å². The van der Waals surface area contributed by atoms with Crippen molar-refractivity contribution in [3.63, 3.8) is 0 Å². The second-order valence-corrected chi connectivity index (χ2v) is 6.20. The summed E-state index contributed by atoms with van der Waals surface area (Å²) in [6.45, 7) is 6.13. The van der Waals surface area contributed by atoms with E-state index in [-0.39, 0.29) is 11.6 Å². The third kappa shape index (κ3) is 3.40. The maximum absolute atomic E-state index is 12.4. The van der Waals surface area contributed by atoms with Gasteiger partial charge in [0.1, 0.15) is 5.76 Å². The lowest BCUT2D eigenvalue weighted by atomic mass is 10.2. The minimum atomic E-state index is -3.72. The molecule has 0 aliphatic heterocycles. The maximum Gasteiger partial charge on any atom is 0.260 e. The number of nitrogens with one attached hydrogen (secondary N) is 2. The molecule has 0 bridgehead atoms. The molecule has 2 rings (SSSR count). The average molecular weight is 310 g/mol.